The zero-order valence-electron chi connectivity index (χ0n) is 16.6. The van der Waals surface area contributed by atoms with Gasteiger partial charge in [-0.05, 0) is 49.9 Å². The van der Waals surface area contributed by atoms with Gasteiger partial charge in [0, 0.05) is 19.5 Å². The van der Waals surface area contributed by atoms with Crippen LogP contribution in [-0.4, -0.2) is 52.9 Å². The average Bonchev–Trinajstić information content (AvgIpc) is 3.25. The largest absolute Gasteiger partial charge is 0.491 e. The highest BCUT2D eigenvalue weighted by atomic mass is 19.1. The standard InChI is InChI=1S/C23H30FNO4/c24-19-12-14-22(15-13-19)29-18-21(27)9-4-2-1-3-8-20(26)10-7-11-23(28)25-16-5-6-17-25/h1-4,8-9,12-15,20-21,26-27H,5-7,10-11,16-18H2/b2-1+,8-3+,9-4+. The quantitative estimate of drug-likeness (QED) is 0.556. The second-order valence-corrected chi connectivity index (χ2v) is 7.03. The van der Waals surface area contributed by atoms with Gasteiger partial charge in [0.05, 0.1) is 6.10 Å². The van der Waals surface area contributed by atoms with E-state index in [1.165, 1.54) is 24.3 Å². The third kappa shape index (κ3) is 9.54. The minimum absolute atomic E-state index is 0.0701. The van der Waals surface area contributed by atoms with Crippen molar-refractivity contribution in [2.75, 3.05) is 19.7 Å². The molecular weight excluding hydrogens is 373 g/mol. The van der Waals surface area contributed by atoms with Gasteiger partial charge in [0.25, 0.3) is 0 Å². The summed E-state index contributed by atoms with van der Waals surface area (Å²) in [6, 6.07) is 5.60. The summed E-state index contributed by atoms with van der Waals surface area (Å²) in [5, 5.41) is 19.7. The molecule has 1 aromatic carbocycles. The van der Waals surface area contributed by atoms with Gasteiger partial charge in [-0.3, -0.25) is 4.79 Å². The highest BCUT2D eigenvalue weighted by Gasteiger charge is 2.17. The third-order valence-electron chi connectivity index (χ3n) is 4.58. The molecule has 1 aliphatic rings. The average molecular weight is 403 g/mol. The molecule has 0 spiro atoms. The molecule has 2 unspecified atom stereocenters. The Morgan fingerprint density at radius 3 is 2.31 bits per heavy atom. The maximum Gasteiger partial charge on any atom is 0.222 e. The number of benzene rings is 1. The Kier molecular flexibility index (Phi) is 10.2. The lowest BCUT2D eigenvalue weighted by molar-refractivity contribution is -0.130. The number of hydrogen-bond donors (Lipinski definition) is 2. The summed E-state index contributed by atoms with van der Waals surface area (Å²) in [6.45, 7) is 1.81. The first-order valence-electron chi connectivity index (χ1n) is 10.1. The number of carbonyl (C=O) groups is 1. The molecule has 158 valence electrons. The first kappa shape index (κ1) is 22.8. The number of nitrogens with zero attached hydrogens (tertiary/aromatic N) is 1. The molecule has 0 aromatic heterocycles. The number of hydrogen-bond acceptors (Lipinski definition) is 4. The Morgan fingerprint density at radius 2 is 1.66 bits per heavy atom. The molecule has 0 bridgehead atoms. The van der Waals surface area contributed by atoms with Crippen LogP contribution in [0.5, 0.6) is 5.75 Å². The van der Waals surface area contributed by atoms with Crippen molar-refractivity contribution in [3.63, 3.8) is 0 Å². The molecule has 2 atom stereocenters. The van der Waals surface area contributed by atoms with E-state index in [1.54, 1.807) is 36.5 Å². The maximum absolute atomic E-state index is 12.8. The van der Waals surface area contributed by atoms with Gasteiger partial charge in [-0.15, -0.1) is 0 Å². The van der Waals surface area contributed by atoms with E-state index >= 15 is 0 Å². The number of ether oxygens (including phenoxy) is 1. The molecule has 1 aromatic rings. The van der Waals surface area contributed by atoms with E-state index in [4.69, 9.17) is 4.74 Å². The lowest BCUT2D eigenvalue weighted by Crippen LogP contribution is -2.27. The molecule has 6 heteroatoms. The van der Waals surface area contributed by atoms with E-state index in [9.17, 15) is 19.4 Å². The number of allylic oxidation sites excluding steroid dienone is 4. The molecule has 1 amide bonds. The van der Waals surface area contributed by atoms with E-state index in [2.05, 4.69) is 0 Å². The van der Waals surface area contributed by atoms with Crippen LogP contribution in [0.25, 0.3) is 0 Å². The van der Waals surface area contributed by atoms with Crippen molar-refractivity contribution in [2.45, 2.75) is 44.3 Å². The summed E-state index contributed by atoms with van der Waals surface area (Å²) in [5.74, 6) is 0.343. The van der Waals surface area contributed by atoms with Crippen LogP contribution in [0.15, 0.2) is 60.7 Å². The van der Waals surface area contributed by atoms with Crippen molar-refractivity contribution in [1.29, 1.82) is 0 Å². The fraction of sp³-hybridized carbons (Fsp3) is 0.435. The van der Waals surface area contributed by atoms with Gasteiger partial charge in [0.1, 0.15) is 24.3 Å². The van der Waals surface area contributed by atoms with Crippen molar-refractivity contribution in [1.82, 2.24) is 4.90 Å². The predicted molar refractivity (Wildman–Crippen MR) is 111 cm³/mol. The molecule has 0 radical (unpaired) electrons. The lowest BCUT2D eigenvalue weighted by Gasteiger charge is -2.15. The monoisotopic (exact) mass is 403 g/mol. The molecule has 1 saturated heterocycles. The minimum Gasteiger partial charge on any atom is -0.491 e. The second-order valence-electron chi connectivity index (χ2n) is 7.03. The van der Waals surface area contributed by atoms with Crippen LogP contribution in [0.3, 0.4) is 0 Å². The van der Waals surface area contributed by atoms with Gasteiger partial charge in [-0.1, -0.05) is 36.5 Å². The highest BCUT2D eigenvalue weighted by Crippen LogP contribution is 2.12. The summed E-state index contributed by atoms with van der Waals surface area (Å²) in [6.07, 6.45) is 12.7. The fourth-order valence-corrected chi connectivity index (χ4v) is 2.96. The Balaban J connectivity index is 1.56. The number of likely N-dealkylation sites (tertiary alicyclic amines) is 1. The zero-order chi connectivity index (χ0) is 20.9. The van der Waals surface area contributed by atoms with E-state index in [1.807, 2.05) is 4.90 Å². The zero-order valence-corrected chi connectivity index (χ0v) is 16.6. The first-order chi connectivity index (χ1) is 14.0. The normalized spacial score (nSPS) is 16.9. The van der Waals surface area contributed by atoms with Crippen molar-refractivity contribution in [3.8, 4) is 5.75 Å². The number of amides is 1. The van der Waals surface area contributed by atoms with Crippen LogP contribution in [-0.2, 0) is 4.79 Å². The summed E-state index contributed by atoms with van der Waals surface area (Å²) in [7, 11) is 0. The lowest BCUT2D eigenvalue weighted by atomic mass is 10.1. The summed E-state index contributed by atoms with van der Waals surface area (Å²) >= 11 is 0. The van der Waals surface area contributed by atoms with Crippen molar-refractivity contribution < 1.29 is 24.1 Å². The molecule has 0 aliphatic carbocycles. The number of carbonyl (C=O) groups excluding carboxylic acids is 1. The van der Waals surface area contributed by atoms with E-state index < -0.39 is 12.2 Å². The van der Waals surface area contributed by atoms with Gasteiger partial charge in [-0.2, -0.15) is 0 Å². The van der Waals surface area contributed by atoms with Crippen LogP contribution in [0.4, 0.5) is 4.39 Å². The molecular formula is C23H30FNO4. The molecule has 5 nitrogen and oxygen atoms in total. The molecule has 0 saturated carbocycles. The molecule has 2 rings (SSSR count). The minimum atomic E-state index is -0.785. The van der Waals surface area contributed by atoms with Crippen LogP contribution in [0, 0.1) is 5.82 Å². The van der Waals surface area contributed by atoms with Gasteiger partial charge in [0.2, 0.25) is 5.91 Å². The van der Waals surface area contributed by atoms with E-state index in [-0.39, 0.29) is 18.3 Å². The first-order valence-corrected chi connectivity index (χ1v) is 10.1. The number of rotatable bonds is 11. The van der Waals surface area contributed by atoms with E-state index in [0.29, 0.717) is 25.0 Å². The van der Waals surface area contributed by atoms with E-state index in [0.717, 1.165) is 25.9 Å². The van der Waals surface area contributed by atoms with Crippen molar-refractivity contribution in [3.05, 3.63) is 66.5 Å². The van der Waals surface area contributed by atoms with Crippen LogP contribution in [0.1, 0.15) is 32.1 Å². The summed E-state index contributed by atoms with van der Waals surface area (Å²) in [5.41, 5.74) is 0. The molecule has 1 fully saturated rings. The molecule has 1 heterocycles. The molecule has 1 aliphatic heterocycles. The second kappa shape index (κ2) is 12.9. The SMILES string of the molecule is O=C(CCCC(O)/C=C/C=C/C=C/C(O)COc1ccc(F)cc1)N1CCCC1. The number of aliphatic hydroxyl groups is 2. The topological polar surface area (TPSA) is 70.0 Å². The van der Waals surface area contributed by atoms with Gasteiger partial charge in [-0.25, -0.2) is 4.39 Å². The van der Waals surface area contributed by atoms with Crippen molar-refractivity contribution in [2.24, 2.45) is 0 Å². The van der Waals surface area contributed by atoms with Crippen LogP contribution in [0.2, 0.25) is 0 Å². The summed E-state index contributed by atoms with van der Waals surface area (Å²) < 4.78 is 18.1. The Bertz CT molecular complexity index is 693. The highest BCUT2D eigenvalue weighted by molar-refractivity contribution is 5.76. The van der Waals surface area contributed by atoms with Crippen LogP contribution < -0.4 is 4.74 Å². The Labute approximate surface area is 171 Å². The number of halogens is 1. The maximum atomic E-state index is 12.8. The Morgan fingerprint density at radius 1 is 1.03 bits per heavy atom. The predicted octanol–water partition coefficient (Wildman–Crippen LogP) is 3.39. The van der Waals surface area contributed by atoms with Gasteiger partial charge in [0.15, 0.2) is 0 Å². The number of aliphatic hydroxyl groups excluding tert-OH is 2. The van der Waals surface area contributed by atoms with Gasteiger partial charge >= 0.3 is 0 Å². The Hall–Kier alpha value is -2.44. The van der Waals surface area contributed by atoms with Gasteiger partial charge < -0.3 is 19.8 Å². The smallest absolute Gasteiger partial charge is 0.222 e. The molecule has 2 N–H and O–H groups in total. The summed E-state index contributed by atoms with van der Waals surface area (Å²) in [4.78, 5) is 13.8. The third-order valence-corrected chi connectivity index (χ3v) is 4.58. The molecule has 29 heavy (non-hydrogen) atoms. The fourth-order valence-electron chi connectivity index (χ4n) is 2.96. The van der Waals surface area contributed by atoms with Crippen LogP contribution >= 0.6 is 0 Å². The van der Waals surface area contributed by atoms with Crippen molar-refractivity contribution >= 4 is 5.91 Å².